The summed E-state index contributed by atoms with van der Waals surface area (Å²) in [6.07, 6.45) is 0. The second-order valence-corrected chi connectivity index (χ2v) is 3.68. The molecule has 78 valence electrons. The van der Waals surface area contributed by atoms with Gasteiger partial charge in [0.25, 0.3) is 5.56 Å². The largest absolute Gasteiger partial charge is 0.325 e. The zero-order chi connectivity index (χ0) is 11.6. The second kappa shape index (κ2) is 4.09. The predicted octanol–water partition coefficient (Wildman–Crippen LogP) is 1.39. The van der Waals surface area contributed by atoms with Crippen LogP contribution >= 0.6 is 0 Å². The maximum absolute atomic E-state index is 11.7. The highest BCUT2D eigenvalue weighted by Gasteiger charge is 2.15. The van der Waals surface area contributed by atoms with Crippen LogP contribution in [-0.4, -0.2) is 10.8 Å². The third-order valence-electron chi connectivity index (χ3n) is 2.15. The third kappa shape index (κ3) is 2.13. The fourth-order valence-electron chi connectivity index (χ4n) is 1.27. The minimum Gasteiger partial charge on any atom is -0.325 e. The van der Waals surface area contributed by atoms with E-state index in [-0.39, 0.29) is 17.3 Å². The maximum Gasteiger partial charge on any atom is 0.266 e. The van der Waals surface area contributed by atoms with Gasteiger partial charge in [-0.05, 0) is 13.0 Å². The van der Waals surface area contributed by atoms with E-state index in [2.05, 4.69) is 4.98 Å². The number of nitrogens with one attached hydrogen (secondary N) is 1. The van der Waals surface area contributed by atoms with E-state index in [0.29, 0.717) is 11.3 Å². The molecule has 0 saturated heterocycles. The number of carbonyl (C=O) groups is 1. The number of H-pyrrole nitrogens is 1. The second-order valence-electron chi connectivity index (χ2n) is 3.68. The molecule has 0 aliphatic rings. The summed E-state index contributed by atoms with van der Waals surface area (Å²) < 4.78 is 0. The first-order valence-electron chi connectivity index (χ1n) is 4.65. The van der Waals surface area contributed by atoms with Crippen LogP contribution in [0.3, 0.4) is 0 Å². The Balaban J connectivity index is 3.39. The zero-order valence-corrected chi connectivity index (χ0v) is 8.92. The Hall–Kier alpha value is -1.89. The van der Waals surface area contributed by atoms with E-state index in [1.807, 2.05) is 0 Å². The molecule has 0 fully saturated rings. The summed E-state index contributed by atoms with van der Waals surface area (Å²) in [6.45, 7) is 5.20. The molecule has 1 rings (SSSR count). The van der Waals surface area contributed by atoms with Gasteiger partial charge in [0.1, 0.15) is 11.6 Å². The number of aryl methyl sites for hydroxylation is 1. The van der Waals surface area contributed by atoms with Gasteiger partial charge in [-0.15, -0.1) is 0 Å². The standard InChI is InChI=1S/C11H12N2O2/c1-6(2)10(14)9-4-8(5-12)11(15)13-7(9)3/h4,6H,1-3H3,(H,13,15). The number of hydrogen-bond acceptors (Lipinski definition) is 3. The van der Waals surface area contributed by atoms with E-state index < -0.39 is 5.56 Å². The minimum atomic E-state index is -0.449. The number of aromatic amines is 1. The van der Waals surface area contributed by atoms with Gasteiger partial charge >= 0.3 is 0 Å². The average molecular weight is 204 g/mol. The van der Waals surface area contributed by atoms with Crippen LogP contribution in [0.5, 0.6) is 0 Å². The van der Waals surface area contributed by atoms with Gasteiger partial charge in [0.2, 0.25) is 0 Å². The van der Waals surface area contributed by atoms with Crippen LogP contribution < -0.4 is 5.56 Å². The molecule has 0 bridgehead atoms. The number of carbonyl (C=O) groups excluding carboxylic acids is 1. The predicted molar refractivity (Wildman–Crippen MR) is 55.7 cm³/mol. The van der Waals surface area contributed by atoms with Crippen molar-refractivity contribution < 1.29 is 4.79 Å². The van der Waals surface area contributed by atoms with Crippen LogP contribution in [0, 0.1) is 24.2 Å². The minimum absolute atomic E-state index is 0.0235. The SMILES string of the molecule is Cc1[nH]c(=O)c(C#N)cc1C(=O)C(C)C. The Labute approximate surface area is 87.6 Å². The lowest BCUT2D eigenvalue weighted by molar-refractivity contribution is 0.0938. The number of Topliss-reactive ketones (excluding diaryl/α,β-unsaturated/α-hetero) is 1. The Morgan fingerprint density at radius 1 is 1.53 bits per heavy atom. The number of aromatic nitrogens is 1. The molecular formula is C11H12N2O2. The van der Waals surface area contributed by atoms with Crippen molar-refractivity contribution in [1.29, 1.82) is 5.26 Å². The van der Waals surface area contributed by atoms with E-state index in [1.54, 1.807) is 26.8 Å². The van der Waals surface area contributed by atoms with Gasteiger partial charge in [-0.3, -0.25) is 9.59 Å². The zero-order valence-electron chi connectivity index (χ0n) is 8.92. The Bertz CT molecular complexity index is 492. The van der Waals surface area contributed by atoms with Crippen molar-refractivity contribution in [3.63, 3.8) is 0 Å². The van der Waals surface area contributed by atoms with Crippen molar-refractivity contribution in [3.05, 3.63) is 33.2 Å². The first-order chi connectivity index (χ1) is 6.97. The summed E-state index contributed by atoms with van der Waals surface area (Å²) in [4.78, 5) is 25.4. The first-order valence-corrected chi connectivity index (χ1v) is 4.65. The molecule has 15 heavy (non-hydrogen) atoms. The van der Waals surface area contributed by atoms with Crippen molar-refractivity contribution in [3.8, 4) is 6.07 Å². The van der Waals surface area contributed by atoms with Gasteiger partial charge in [-0.2, -0.15) is 5.26 Å². The van der Waals surface area contributed by atoms with Crippen molar-refractivity contribution in [2.75, 3.05) is 0 Å². The Morgan fingerprint density at radius 3 is 2.60 bits per heavy atom. The number of rotatable bonds is 2. The molecule has 0 aliphatic carbocycles. The molecule has 1 aromatic heterocycles. The molecule has 1 aromatic rings. The highest BCUT2D eigenvalue weighted by atomic mass is 16.1. The Morgan fingerprint density at radius 2 is 2.13 bits per heavy atom. The molecule has 1 heterocycles. The topological polar surface area (TPSA) is 73.7 Å². The van der Waals surface area contributed by atoms with Gasteiger partial charge < -0.3 is 4.98 Å². The van der Waals surface area contributed by atoms with Gasteiger partial charge in [0, 0.05) is 17.2 Å². The highest BCUT2D eigenvalue weighted by Crippen LogP contribution is 2.11. The molecular weight excluding hydrogens is 192 g/mol. The monoisotopic (exact) mass is 204 g/mol. The molecule has 4 nitrogen and oxygen atoms in total. The summed E-state index contributed by atoms with van der Waals surface area (Å²) in [5.74, 6) is -0.221. The molecule has 0 unspecified atom stereocenters. The number of pyridine rings is 1. The van der Waals surface area contributed by atoms with Crippen LogP contribution in [0.4, 0.5) is 0 Å². The van der Waals surface area contributed by atoms with Crippen LogP contribution in [-0.2, 0) is 0 Å². The van der Waals surface area contributed by atoms with Crippen LogP contribution in [0.25, 0.3) is 0 Å². The number of ketones is 1. The fraction of sp³-hybridized carbons (Fsp3) is 0.364. The third-order valence-corrected chi connectivity index (χ3v) is 2.15. The molecule has 0 spiro atoms. The molecule has 4 heteroatoms. The molecule has 1 N–H and O–H groups in total. The van der Waals surface area contributed by atoms with Crippen LogP contribution in [0.15, 0.2) is 10.9 Å². The molecule has 0 saturated carbocycles. The number of nitriles is 1. The van der Waals surface area contributed by atoms with E-state index in [0.717, 1.165) is 0 Å². The molecule has 0 radical (unpaired) electrons. The highest BCUT2D eigenvalue weighted by molar-refractivity contribution is 5.98. The average Bonchev–Trinajstić information content (AvgIpc) is 2.17. The van der Waals surface area contributed by atoms with Crippen molar-refractivity contribution >= 4 is 5.78 Å². The lowest BCUT2D eigenvalue weighted by Crippen LogP contribution is -2.18. The van der Waals surface area contributed by atoms with Crippen LogP contribution in [0.2, 0.25) is 0 Å². The summed E-state index contributed by atoms with van der Waals surface area (Å²) in [7, 11) is 0. The molecule has 0 atom stereocenters. The fourth-order valence-corrected chi connectivity index (χ4v) is 1.27. The first kappa shape index (κ1) is 11.2. The van der Waals surface area contributed by atoms with Gasteiger partial charge in [0.15, 0.2) is 5.78 Å². The van der Waals surface area contributed by atoms with Crippen molar-refractivity contribution in [2.24, 2.45) is 5.92 Å². The van der Waals surface area contributed by atoms with Crippen molar-refractivity contribution in [2.45, 2.75) is 20.8 Å². The summed E-state index contributed by atoms with van der Waals surface area (Å²) in [6, 6.07) is 3.12. The number of nitrogens with zero attached hydrogens (tertiary/aromatic N) is 1. The van der Waals surface area contributed by atoms with E-state index in [1.165, 1.54) is 6.07 Å². The van der Waals surface area contributed by atoms with E-state index in [4.69, 9.17) is 5.26 Å². The van der Waals surface area contributed by atoms with Gasteiger partial charge in [-0.1, -0.05) is 13.8 Å². The molecule has 0 aromatic carbocycles. The van der Waals surface area contributed by atoms with E-state index in [9.17, 15) is 9.59 Å². The summed E-state index contributed by atoms with van der Waals surface area (Å²) in [5, 5.41) is 8.67. The van der Waals surface area contributed by atoms with Gasteiger partial charge in [-0.25, -0.2) is 0 Å². The lowest BCUT2D eigenvalue weighted by atomic mass is 9.99. The smallest absolute Gasteiger partial charge is 0.266 e. The number of hydrogen-bond donors (Lipinski definition) is 1. The lowest BCUT2D eigenvalue weighted by Gasteiger charge is -2.07. The quantitative estimate of drug-likeness (QED) is 0.740. The van der Waals surface area contributed by atoms with Gasteiger partial charge in [0.05, 0.1) is 0 Å². The van der Waals surface area contributed by atoms with E-state index >= 15 is 0 Å². The van der Waals surface area contributed by atoms with Crippen LogP contribution in [0.1, 0.15) is 35.5 Å². The Kier molecular flexibility index (Phi) is 3.05. The maximum atomic E-state index is 11.7. The molecule has 0 amide bonds. The summed E-state index contributed by atoms with van der Waals surface area (Å²) in [5.41, 5.74) is 0.457. The normalized spacial score (nSPS) is 10.1. The van der Waals surface area contributed by atoms with Crippen molar-refractivity contribution in [1.82, 2.24) is 4.98 Å². The molecule has 0 aliphatic heterocycles. The summed E-state index contributed by atoms with van der Waals surface area (Å²) >= 11 is 0.